The minimum absolute atomic E-state index is 0.0393. The van der Waals surface area contributed by atoms with E-state index < -0.39 is 23.5 Å². The number of amides is 4. The molecular formula is C50H50Br2F6N16O4. The molecule has 0 unspecified atom stereocenters. The minimum atomic E-state index is -4.50. The van der Waals surface area contributed by atoms with Crippen molar-refractivity contribution in [2.75, 3.05) is 62.2 Å². The lowest BCUT2D eigenvalue weighted by molar-refractivity contribution is -0.139. The highest BCUT2D eigenvalue weighted by Gasteiger charge is 2.39. The summed E-state index contributed by atoms with van der Waals surface area (Å²) in [5.74, 6) is 1.29. The van der Waals surface area contributed by atoms with Gasteiger partial charge in [-0.15, -0.1) is 0 Å². The molecule has 4 saturated heterocycles. The van der Waals surface area contributed by atoms with Gasteiger partial charge in [0, 0.05) is 151 Å². The van der Waals surface area contributed by atoms with Crippen LogP contribution in [-0.4, -0.2) is 134 Å². The van der Waals surface area contributed by atoms with Gasteiger partial charge in [0.05, 0.1) is 62.6 Å². The van der Waals surface area contributed by atoms with Crippen LogP contribution in [0.3, 0.4) is 0 Å². The second-order valence-corrected chi connectivity index (χ2v) is 21.1. The maximum atomic E-state index is 13.6. The molecule has 20 nitrogen and oxygen atoms in total. The van der Waals surface area contributed by atoms with Crippen LogP contribution in [0.2, 0.25) is 0 Å². The summed E-state index contributed by atoms with van der Waals surface area (Å²) in [6.07, 6.45) is 2.89. The van der Waals surface area contributed by atoms with Crippen LogP contribution < -0.4 is 31.6 Å². The van der Waals surface area contributed by atoms with Gasteiger partial charge < -0.3 is 39.4 Å². The van der Waals surface area contributed by atoms with Gasteiger partial charge >= 0.3 is 24.4 Å². The number of halogens is 8. The number of hydrogen-bond acceptors (Lipinski definition) is 10. The van der Waals surface area contributed by atoms with Gasteiger partial charge in [0.1, 0.15) is 0 Å². The lowest BCUT2D eigenvalue weighted by Crippen LogP contribution is -2.52. The standard InChI is InChI=1S/C25H25F3N8O2.C15H13BrF3N3O.C10H12BrN5O/c1-32-11-17(20(14-32)25(26,27)28)12-36-21-7-15(3-4-19(21)22(37)33(36)2)16-8-29-23(30-9-16)34-5-6-35-18(13-34)10-31-24(35)38;1-20-6-9(12(8-20)15(17,18)19)7-22-13-5-10(16)3-4-11(13)14(23)21(22)2;11-7-3-12-9(13-4-7)15-1-2-16-8(6-15)5-14-10(16)17/h3-4,7-9,11,14,18H,5-6,10,12-13H2,1-2H3,(H,31,38);3-6,8H,7H2,1-2H3;3-4,8H,1-2,5-6H2,(H,14,17)/t18-;;8-/m0.0/s1. The molecule has 0 bridgehead atoms. The second kappa shape index (κ2) is 21.0. The van der Waals surface area contributed by atoms with Gasteiger partial charge in [-0.3, -0.25) is 28.3 Å². The van der Waals surface area contributed by atoms with Gasteiger partial charge in [-0.05, 0) is 51.8 Å². The number of carbonyl (C=O) groups excluding carboxylic acids is 2. The number of alkyl halides is 6. The number of aromatic nitrogens is 10. The smallest absolute Gasteiger partial charge is 0.356 e. The first-order chi connectivity index (χ1) is 37.0. The summed E-state index contributed by atoms with van der Waals surface area (Å²) in [6, 6.07) is 10.7. The van der Waals surface area contributed by atoms with Crippen LogP contribution in [0.4, 0.5) is 47.8 Å². The highest BCUT2D eigenvalue weighted by Crippen LogP contribution is 2.35. The number of benzene rings is 2. The number of carbonyl (C=O) groups is 2. The molecule has 0 radical (unpaired) electrons. The molecule has 78 heavy (non-hydrogen) atoms. The van der Waals surface area contributed by atoms with Gasteiger partial charge in [0.15, 0.2) is 0 Å². The number of hydrogen-bond donors (Lipinski definition) is 2. The topological polar surface area (TPSA) is 186 Å². The quantitative estimate of drug-likeness (QED) is 0.170. The molecular weight excluding hydrogens is 1160 g/mol. The van der Waals surface area contributed by atoms with Crippen LogP contribution in [0.15, 0.2) is 105 Å². The fourth-order valence-corrected chi connectivity index (χ4v) is 10.9. The third kappa shape index (κ3) is 10.7. The van der Waals surface area contributed by atoms with Crippen LogP contribution >= 0.6 is 31.9 Å². The maximum absolute atomic E-state index is 13.6. The summed E-state index contributed by atoms with van der Waals surface area (Å²) in [7, 11) is 6.18. The fraction of sp³-hybridized carbons (Fsp3) is 0.360. The van der Waals surface area contributed by atoms with E-state index in [1.807, 2.05) is 14.7 Å². The summed E-state index contributed by atoms with van der Waals surface area (Å²) in [4.78, 5) is 73.9. The molecule has 4 aliphatic rings. The predicted octanol–water partition coefficient (Wildman–Crippen LogP) is 6.38. The Bertz CT molecular complexity index is 3700. The summed E-state index contributed by atoms with van der Waals surface area (Å²) in [5.41, 5.74) is 0.802. The maximum Gasteiger partial charge on any atom is 0.418 e. The van der Waals surface area contributed by atoms with E-state index in [0.29, 0.717) is 66.0 Å². The van der Waals surface area contributed by atoms with Crippen molar-refractivity contribution in [3.05, 3.63) is 138 Å². The van der Waals surface area contributed by atoms with Crippen LogP contribution in [0, 0.1) is 0 Å². The number of rotatable bonds is 7. The average molecular weight is 1210 g/mol. The number of nitrogens with one attached hydrogen (secondary N) is 2. The molecule has 4 fully saturated rings. The normalized spacial score (nSPS) is 17.4. The van der Waals surface area contributed by atoms with Crippen molar-refractivity contribution >= 4 is 77.6 Å². The number of urea groups is 2. The molecule has 0 aliphatic carbocycles. The average Bonchev–Trinajstić information content (AvgIpc) is 4.30. The van der Waals surface area contributed by atoms with Crippen molar-refractivity contribution in [1.82, 2.24) is 68.2 Å². The molecule has 0 saturated carbocycles. The number of nitrogens with zero attached hydrogens (tertiary/aromatic N) is 14. The Balaban J connectivity index is 0.000000146. The lowest BCUT2D eigenvalue weighted by Gasteiger charge is -2.36. The number of anilines is 2. The zero-order chi connectivity index (χ0) is 55.5. The first-order valence-electron chi connectivity index (χ1n) is 24.4. The first kappa shape index (κ1) is 53.8. The van der Waals surface area contributed by atoms with E-state index in [4.69, 9.17) is 0 Å². The lowest BCUT2D eigenvalue weighted by atomic mass is 10.1. The van der Waals surface area contributed by atoms with Gasteiger partial charge in [0.25, 0.3) is 11.1 Å². The largest absolute Gasteiger partial charge is 0.418 e. The zero-order valence-electron chi connectivity index (χ0n) is 42.2. The van der Waals surface area contributed by atoms with Crippen LogP contribution in [-0.2, 0) is 53.6 Å². The van der Waals surface area contributed by atoms with E-state index in [1.165, 1.54) is 37.9 Å². The molecule has 4 aliphatic heterocycles. The highest BCUT2D eigenvalue weighted by molar-refractivity contribution is 9.10. The number of aryl methyl sites for hydroxylation is 2. The summed E-state index contributed by atoms with van der Waals surface area (Å²) in [5, 5.41) is 6.59. The molecule has 6 aromatic heterocycles. The summed E-state index contributed by atoms with van der Waals surface area (Å²) in [6.45, 7) is 5.33. The van der Waals surface area contributed by atoms with E-state index in [0.717, 1.165) is 52.5 Å². The number of piperazine rings is 2. The molecule has 10 heterocycles. The Morgan fingerprint density at radius 1 is 0.551 bits per heavy atom. The van der Waals surface area contributed by atoms with E-state index in [2.05, 4.69) is 67.3 Å². The Hall–Kier alpha value is -7.62. The van der Waals surface area contributed by atoms with Crippen molar-refractivity contribution in [3.63, 3.8) is 0 Å². The third-order valence-corrected chi connectivity index (χ3v) is 15.1. The van der Waals surface area contributed by atoms with Crippen LogP contribution in [0.1, 0.15) is 22.3 Å². The second-order valence-electron chi connectivity index (χ2n) is 19.3. The van der Waals surface area contributed by atoms with Crippen molar-refractivity contribution in [2.45, 2.75) is 37.5 Å². The minimum Gasteiger partial charge on any atom is -0.356 e. The van der Waals surface area contributed by atoms with E-state index in [-0.39, 0.29) is 59.5 Å². The third-order valence-electron chi connectivity index (χ3n) is 14.2. The zero-order valence-corrected chi connectivity index (χ0v) is 45.4. The molecule has 0 spiro atoms. The first-order valence-corrected chi connectivity index (χ1v) is 26.0. The SMILES string of the molecule is Cn1cc(Cn2c3cc(-c4cnc(N5CCN6C(=O)NC[C@H]6C5)nc4)ccc3c(=O)n2C)c(C(F)(F)F)c1.Cn1cc(Cn2c3cc(Br)ccc3c(=O)n2C)c(C(F)(F)F)c1.O=C1NC[C@H]2CN(c3ncc(Br)cn3)CCN12. The van der Waals surface area contributed by atoms with E-state index in [9.17, 15) is 45.5 Å². The van der Waals surface area contributed by atoms with Gasteiger partial charge in [-0.25, -0.2) is 29.5 Å². The molecule has 8 aromatic rings. The van der Waals surface area contributed by atoms with Crippen LogP contribution in [0.5, 0.6) is 0 Å². The Kier molecular flexibility index (Phi) is 14.5. The Morgan fingerprint density at radius 2 is 0.987 bits per heavy atom. The predicted molar refractivity (Wildman–Crippen MR) is 284 cm³/mol. The Labute approximate surface area is 456 Å². The van der Waals surface area contributed by atoms with Gasteiger partial charge in [0.2, 0.25) is 11.9 Å². The van der Waals surface area contributed by atoms with Gasteiger partial charge in [-0.1, -0.05) is 22.0 Å². The van der Waals surface area contributed by atoms with E-state index >= 15 is 0 Å². The molecule has 28 heteroatoms. The molecule has 4 amide bonds. The van der Waals surface area contributed by atoms with Gasteiger partial charge in [-0.2, -0.15) is 26.3 Å². The molecule has 12 rings (SSSR count). The van der Waals surface area contributed by atoms with Crippen molar-refractivity contribution in [2.24, 2.45) is 28.2 Å². The molecule has 410 valence electrons. The molecule has 2 aromatic carbocycles. The summed E-state index contributed by atoms with van der Waals surface area (Å²) >= 11 is 6.64. The van der Waals surface area contributed by atoms with Crippen molar-refractivity contribution in [1.29, 1.82) is 0 Å². The molecule has 2 atom stereocenters. The van der Waals surface area contributed by atoms with E-state index in [1.54, 1.807) is 91.7 Å². The Morgan fingerprint density at radius 3 is 1.45 bits per heavy atom. The highest BCUT2D eigenvalue weighted by atomic mass is 79.9. The van der Waals surface area contributed by atoms with Crippen LogP contribution in [0.25, 0.3) is 32.9 Å². The molecule has 2 N–H and O–H groups in total. The number of fused-ring (bicyclic) bond motifs is 4. The van der Waals surface area contributed by atoms with Crippen molar-refractivity contribution < 1.29 is 35.9 Å². The summed E-state index contributed by atoms with van der Waals surface area (Å²) < 4.78 is 90.4. The fourth-order valence-electron chi connectivity index (χ4n) is 10.3. The monoisotopic (exact) mass is 1210 g/mol. The van der Waals surface area contributed by atoms with Crippen molar-refractivity contribution in [3.8, 4) is 11.1 Å².